The van der Waals surface area contributed by atoms with Crippen molar-refractivity contribution in [3.05, 3.63) is 0 Å². The number of nitrogens with one attached hydrogen (secondary N) is 2. The van der Waals surface area contributed by atoms with Gasteiger partial charge in [0.2, 0.25) is 0 Å². The topological polar surface area (TPSA) is 61.0 Å². The Kier molecular flexibility index (Phi) is 5.06. The van der Waals surface area contributed by atoms with Crippen LogP contribution in [0.5, 0.6) is 0 Å². The third kappa shape index (κ3) is 3.83. The molecule has 0 atom stereocenters. The van der Waals surface area contributed by atoms with Crippen LogP contribution in [0.2, 0.25) is 26.2 Å². The van der Waals surface area contributed by atoms with E-state index in [2.05, 4.69) is 9.96 Å². The van der Waals surface area contributed by atoms with E-state index in [1.807, 2.05) is 40.3 Å². The van der Waals surface area contributed by atoms with Gasteiger partial charge in [-0.05, 0) is 40.3 Å². The third-order valence-electron chi connectivity index (χ3n) is 2.47. The van der Waals surface area contributed by atoms with E-state index < -0.39 is 36.0 Å². The van der Waals surface area contributed by atoms with E-state index in [1.54, 1.807) is 0 Å². The van der Waals surface area contributed by atoms with Gasteiger partial charge >= 0.3 is 36.0 Å². The highest BCUT2D eigenvalue weighted by atomic mass is 28.5. The lowest BCUT2D eigenvalue weighted by atomic mass is 11.6. The lowest BCUT2D eigenvalue weighted by Crippen LogP contribution is -2.66. The zero-order valence-electron chi connectivity index (χ0n) is 10.8. The molecule has 1 aliphatic rings. The Balaban J connectivity index is 2.78. The van der Waals surface area contributed by atoms with Crippen molar-refractivity contribution in [1.82, 2.24) is 9.96 Å². The van der Waals surface area contributed by atoms with Crippen LogP contribution in [0.1, 0.15) is 0 Å². The normalized spacial score (nSPS) is 46.1. The Morgan fingerprint density at radius 3 is 1.19 bits per heavy atom. The first-order valence-electron chi connectivity index (χ1n) is 5.41. The Hall–Kier alpha value is 0.628. The van der Waals surface area contributed by atoms with Crippen molar-refractivity contribution in [2.45, 2.75) is 26.2 Å². The molecule has 0 bridgehead atoms. The highest BCUT2D eigenvalue weighted by molar-refractivity contribution is 6.83. The van der Waals surface area contributed by atoms with Crippen molar-refractivity contribution >= 4 is 36.0 Å². The fourth-order valence-corrected chi connectivity index (χ4v) is 16.3. The molecule has 16 heavy (non-hydrogen) atoms. The number of hydrogen-bond acceptors (Lipinski definition) is 6. The van der Waals surface area contributed by atoms with E-state index >= 15 is 0 Å². The zero-order chi connectivity index (χ0) is 12.4. The van der Waals surface area contributed by atoms with Crippen molar-refractivity contribution in [3.63, 3.8) is 0 Å². The molecule has 0 aromatic carbocycles. The fourth-order valence-electron chi connectivity index (χ4n) is 1.61. The van der Waals surface area contributed by atoms with Gasteiger partial charge in [0.25, 0.3) is 0 Å². The summed E-state index contributed by atoms with van der Waals surface area (Å²) < 4.78 is 23.9. The lowest BCUT2D eigenvalue weighted by Gasteiger charge is -2.40. The summed E-state index contributed by atoms with van der Waals surface area (Å²) in [5, 5.41) is 0. The molecule has 10 heteroatoms. The van der Waals surface area contributed by atoms with Gasteiger partial charge in [0.05, 0.1) is 0 Å². The second kappa shape index (κ2) is 5.51. The molecule has 1 rings (SSSR count). The summed E-state index contributed by atoms with van der Waals surface area (Å²) in [6, 6.07) is 0. The van der Waals surface area contributed by atoms with Crippen molar-refractivity contribution in [2.75, 3.05) is 14.1 Å². The van der Waals surface area contributed by atoms with E-state index in [0.717, 1.165) is 0 Å². The Labute approximate surface area is 103 Å². The zero-order valence-corrected chi connectivity index (χ0v) is 15.1. The van der Waals surface area contributed by atoms with Crippen LogP contribution in [0.25, 0.3) is 0 Å². The summed E-state index contributed by atoms with van der Waals surface area (Å²) in [6.07, 6.45) is 0. The van der Waals surface area contributed by atoms with Gasteiger partial charge in [0.1, 0.15) is 0 Å². The molecule has 1 fully saturated rings. The molecule has 0 aliphatic carbocycles. The minimum atomic E-state index is -2.28. The number of rotatable bonds is 2. The van der Waals surface area contributed by atoms with Crippen LogP contribution in [-0.4, -0.2) is 50.1 Å². The molecule has 2 N–H and O–H groups in total. The molecule has 0 aromatic rings. The van der Waals surface area contributed by atoms with Crippen molar-refractivity contribution < 1.29 is 16.5 Å². The summed E-state index contributed by atoms with van der Waals surface area (Å²) in [5.74, 6) is 0. The van der Waals surface area contributed by atoms with Gasteiger partial charge in [-0.25, -0.2) is 0 Å². The average Bonchev–Trinajstić information content (AvgIpc) is 2.14. The first-order chi connectivity index (χ1) is 7.32. The second-order valence-electron chi connectivity index (χ2n) is 4.00. The summed E-state index contributed by atoms with van der Waals surface area (Å²) >= 11 is 0. The van der Waals surface area contributed by atoms with Crippen LogP contribution < -0.4 is 9.96 Å². The quantitative estimate of drug-likeness (QED) is 0.660. The molecule has 0 unspecified atom stereocenters. The van der Waals surface area contributed by atoms with Crippen molar-refractivity contribution in [2.24, 2.45) is 0 Å². The minimum Gasteiger partial charge on any atom is -0.406 e. The molecule has 0 saturated carbocycles. The van der Waals surface area contributed by atoms with E-state index in [1.165, 1.54) is 0 Å². The predicted molar refractivity (Wildman–Crippen MR) is 71.7 cm³/mol. The van der Waals surface area contributed by atoms with Crippen LogP contribution in [0.4, 0.5) is 0 Å². The molecule has 0 radical (unpaired) electrons. The smallest absolute Gasteiger partial charge is 0.403 e. The molecule has 0 amide bonds. The first-order valence-corrected chi connectivity index (χ1v) is 14.2. The van der Waals surface area contributed by atoms with Gasteiger partial charge in [-0.3, -0.25) is 9.96 Å². The summed E-state index contributed by atoms with van der Waals surface area (Å²) in [5.41, 5.74) is 0. The molecular weight excluding hydrogens is 276 g/mol. The summed E-state index contributed by atoms with van der Waals surface area (Å²) in [7, 11) is -4.24. The van der Waals surface area contributed by atoms with Gasteiger partial charge in [0.15, 0.2) is 0 Å². The van der Waals surface area contributed by atoms with Gasteiger partial charge in [-0.2, -0.15) is 0 Å². The first kappa shape index (κ1) is 14.7. The molecule has 0 aromatic heterocycles. The molecule has 1 heterocycles. The Morgan fingerprint density at radius 2 is 1.00 bits per heavy atom. The van der Waals surface area contributed by atoms with Gasteiger partial charge in [0, 0.05) is 0 Å². The summed E-state index contributed by atoms with van der Waals surface area (Å²) in [6.45, 7) is 8.01. The molecule has 6 nitrogen and oxygen atoms in total. The van der Waals surface area contributed by atoms with Crippen LogP contribution in [0, 0.1) is 0 Å². The van der Waals surface area contributed by atoms with Crippen molar-refractivity contribution in [1.29, 1.82) is 0 Å². The minimum absolute atomic E-state index is 1.71. The SMILES string of the molecule is CN[Si]1(C)O[SiH](C)O[Si](C)(NC)O[SiH](C)O1. The standard InChI is InChI=1S/C6H22N2O4Si4/c1-7-15(5)9-13(3)11-16(6,8-2)12-14(4)10-15/h7-8,13-14H,1-6H3. The Morgan fingerprint density at radius 1 is 0.750 bits per heavy atom. The predicted octanol–water partition coefficient (Wildman–Crippen LogP) is -0.657. The molecule has 1 aliphatic heterocycles. The molecule has 1 saturated heterocycles. The second-order valence-corrected chi connectivity index (χ2v) is 14.8. The fraction of sp³-hybridized carbons (Fsp3) is 1.00. The maximum atomic E-state index is 5.97. The average molecular weight is 299 g/mol. The lowest BCUT2D eigenvalue weighted by molar-refractivity contribution is 0.246. The van der Waals surface area contributed by atoms with Crippen molar-refractivity contribution in [3.8, 4) is 0 Å². The largest absolute Gasteiger partial charge is 0.406 e. The highest BCUT2D eigenvalue weighted by Crippen LogP contribution is 2.17. The van der Waals surface area contributed by atoms with E-state index in [4.69, 9.17) is 16.5 Å². The van der Waals surface area contributed by atoms with E-state index in [0.29, 0.717) is 0 Å². The van der Waals surface area contributed by atoms with Crippen LogP contribution in [0.3, 0.4) is 0 Å². The highest BCUT2D eigenvalue weighted by Gasteiger charge is 2.44. The van der Waals surface area contributed by atoms with Gasteiger partial charge in [-0.1, -0.05) is 0 Å². The summed E-state index contributed by atoms with van der Waals surface area (Å²) in [4.78, 5) is 6.31. The van der Waals surface area contributed by atoms with Crippen LogP contribution >= 0.6 is 0 Å². The number of hydrogen-bond donors (Lipinski definition) is 2. The maximum Gasteiger partial charge on any atom is 0.403 e. The van der Waals surface area contributed by atoms with Crippen LogP contribution in [-0.2, 0) is 16.5 Å². The molecular formula is C6H22N2O4Si4. The maximum absolute atomic E-state index is 5.97. The van der Waals surface area contributed by atoms with Crippen LogP contribution in [0.15, 0.2) is 0 Å². The van der Waals surface area contributed by atoms with Gasteiger partial charge < -0.3 is 16.5 Å². The third-order valence-corrected chi connectivity index (χ3v) is 16.8. The van der Waals surface area contributed by atoms with E-state index in [9.17, 15) is 0 Å². The Bertz CT molecular complexity index is 211. The van der Waals surface area contributed by atoms with Gasteiger partial charge in [-0.15, -0.1) is 0 Å². The van der Waals surface area contributed by atoms with E-state index in [-0.39, 0.29) is 0 Å². The molecule has 0 spiro atoms. The molecule has 96 valence electrons. The monoisotopic (exact) mass is 298 g/mol.